The molecule has 1 aliphatic heterocycles. The Bertz CT molecular complexity index is 1010. The predicted octanol–water partition coefficient (Wildman–Crippen LogP) is 2.47. The van der Waals surface area contributed by atoms with Gasteiger partial charge in [0.25, 0.3) is 0 Å². The van der Waals surface area contributed by atoms with E-state index in [2.05, 4.69) is 9.97 Å². The van der Waals surface area contributed by atoms with Gasteiger partial charge in [-0.3, -0.25) is 14.1 Å². The molecule has 150 valence electrons. The molecular weight excluding hydrogens is 383 g/mol. The Hall–Kier alpha value is -2.26. The zero-order valence-corrected chi connectivity index (χ0v) is 16.3. The molecule has 2 aromatic rings. The van der Waals surface area contributed by atoms with Crippen LogP contribution in [0, 0.1) is 0 Å². The van der Waals surface area contributed by atoms with Crippen LogP contribution in [0.25, 0.3) is 16.6 Å². The van der Waals surface area contributed by atoms with E-state index < -0.39 is 16.7 Å². The van der Waals surface area contributed by atoms with Crippen molar-refractivity contribution in [2.45, 2.75) is 31.7 Å². The zero-order chi connectivity index (χ0) is 19.7. The van der Waals surface area contributed by atoms with Gasteiger partial charge in [0, 0.05) is 30.7 Å². The van der Waals surface area contributed by atoms with Gasteiger partial charge in [0.05, 0.1) is 12.4 Å². The van der Waals surface area contributed by atoms with Gasteiger partial charge in [-0.2, -0.15) is 4.31 Å². The Morgan fingerprint density at radius 2 is 2.21 bits per heavy atom. The standard InChI is InChI=1S/C19H23FN4O3S/c20-7-1-11-28(26,27)23-9-5-14(6-10-23)17-12-18(24(13-25)15-2-3-15)22-19-16(17)4-8-21-19/h4-5,8,12-13,15H,1-3,6-7,9-11H2,(H,21,22). The number of H-pyrrole nitrogens is 1. The summed E-state index contributed by atoms with van der Waals surface area (Å²) in [4.78, 5) is 20.9. The lowest BCUT2D eigenvalue weighted by Gasteiger charge is -2.26. The van der Waals surface area contributed by atoms with Crippen molar-refractivity contribution in [3.8, 4) is 0 Å². The minimum atomic E-state index is -3.44. The van der Waals surface area contributed by atoms with Crippen molar-refractivity contribution in [3.63, 3.8) is 0 Å². The van der Waals surface area contributed by atoms with Crippen molar-refractivity contribution in [3.05, 3.63) is 30.0 Å². The van der Waals surface area contributed by atoms with Gasteiger partial charge in [-0.25, -0.2) is 13.4 Å². The Kier molecular flexibility index (Phi) is 5.20. The number of nitrogens with zero attached hydrogens (tertiary/aromatic N) is 3. The molecule has 2 aromatic heterocycles. The summed E-state index contributed by atoms with van der Waals surface area (Å²) in [6, 6.07) is 4.07. The van der Waals surface area contributed by atoms with Crippen LogP contribution >= 0.6 is 0 Å². The number of alkyl halides is 1. The lowest BCUT2D eigenvalue weighted by Crippen LogP contribution is -2.36. The summed E-state index contributed by atoms with van der Waals surface area (Å²) in [7, 11) is -3.44. The highest BCUT2D eigenvalue weighted by molar-refractivity contribution is 7.89. The van der Waals surface area contributed by atoms with Gasteiger partial charge in [0.15, 0.2) is 0 Å². The van der Waals surface area contributed by atoms with E-state index in [4.69, 9.17) is 0 Å². The number of fused-ring (bicyclic) bond motifs is 1. The molecule has 0 spiro atoms. The number of aromatic amines is 1. The fraction of sp³-hybridized carbons (Fsp3) is 0.474. The molecule has 0 unspecified atom stereocenters. The molecule has 3 heterocycles. The minimum Gasteiger partial charge on any atom is -0.346 e. The summed E-state index contributed by atoms with van der Waals surface area (Å²) >= 11 is 0. The molecule has 1 fully saturated rings. The summed E-state index contributed by atoms with van der Waals surface area (Å²) in [5, 5.41) is 0.949. The van der Waals surface area contributed by atoms with Crippen molar-refractivity contribution in [1.29, 1.82) is 0 Å². The molecule has 1 N–H and O–H groups in total. The number of carbonyl (C=O) groups is 1. The van der Waals surface area contributed by atoms with Crippen LogP contribution in [0.3, 0.4) is 0 Å². The molecule has 0 radical (unpaired) electrons. The SMILES string of the molecule is O=CN(c1cc(C2=CCN(S(=O)(=O)CCCF)CC2)c2cc[nH]c2n1)C1CC1. The average molecular weight is 406 g/mol. The highest BCUT2D eigenvalue weighted by atomic mass is 32.2. The molecule has 1 aliphatic carbocycles. The molecule has 4 rings (SSSR count). The van der Waals surface area contributed by atoms with Gasteiger partial charge in [-0.15, -0.1) is 0 Å². The van der Waals surface area contributed by atoms with Crippen LogP contribution < -0.4 is 4.90 Å². The first-order valence-corrected chi connectivity index (χ1v) is 11.1. The quantitative estimate of drug-likeness (QED) is 0.683. The predicted molar refractivity (Wildman–Crippen MR) is 106 cm³/mol. The topological polar surface area (TPSA) is 86.4 Å². The number of pyridine rings is 1. The Morgan fingerprint density at radius 1 is 1.39 bits per heavy atom. The maximum Gasteiger partial charge on any atom is 0.215 e. The molecular formula is C19H23FN4O3S. The maximum atomic E-state index is 12.4. The second kappa shape index (κ2) is 7.63. The van der Waals surface area contributed by atoms with Crippen molar-refractivity contribution < 1.29 is 17.6 Å². The third kappa shape index (κ3) is 3.68. The molecule has 9 heteroatoms. The van der Waals surface area contributed by atoms with Crippen LogP contribution in [0.5, 0.6) is 0 Å². The van der Waals surface area contributed by atoms with E-state index >= 15 is 0 Å². The summed E-state index contributed by atoms with van der Waals surface area (Å²) in [5.74, 6) is 0.449. The third-order valence-corrected chi connectivity index (χ3v) is 7.20. The fourth-order valence-electron chi connectivity index (χ4n) is 3.62. The first kappa shape index (κ1) is 19.1. The molecule has 0 saturated heterocycles. The van der Waals surface area contributed by atoms with Crippen LogP contribution in [0.2, 0.25) is 0 Å². The van der Waals surface area contributed by atoms with Crippen molar-refractivity contribution in [2.24, 2.45) is 0 Å². The van der Waals surface area contributed by atoms with Crippen LogP contribution in [0.15, 0.2) is 24.4 Å². The number of nitrogens with one attached hydrogen (secondary N) is 1. The molecule has 1 amide bonds. The highest BCUT2D eigenvalue weighted by Crippen LogP contribution is 2.35. The summed E-state index contributed by atoms with van der Waals surface area (Å²) in [6.45, 7) is 0.00520. The zero-order valence-electron chi connectivity index (χ0n) is 15.5. The minimum absolute atomic E-state index is 0.0236. The summed E-state index contributed by atoms with van der Waals surface area (Å²) in [6.07, 6.45) is 7.08. The molecule has 7 nitrogen and oxygen atoms in total. The first-order valence-electron chi connectivity index (χ1n) is 9.48. The number of aromatic nitrogens is 2. The Balaban J connectivity index is 1.64. The number of carbonyl (C=O) groups excluding carboxylic acids is 1. The monoisotopic (exact) mass is 406 g/mol. The lowest BCUT2D eigenvalue weighted by atomic mass is 9.98. The second-order valence-electron chi connectivity index (χ2n) is 7.21. The molecule has 1 saturated carbocycles. The number of amides is 1. The van der Waals surface area contributed by atoms with E-state index in [1.54, 1.807) is 4.90 Å². The van der Waals surface area contributed by atoms with Gasteiger partial charge in [-0.1, -0.05) is 6.08 Å². The third-order valence-electron chi connectivity index (χ3n) is 5.28. The van der Waals surface area contributed by atoms with Crippen molar-refractivity contribution in [2.75, 3.05) is 30.4 Å². The number of rotatable bonds is 8. The summed E-state index contributed by atoms with van der Waals surface area (Å²) < 4.78 is 38.3. The molecule has 0 aromatic carbocycles. The van der Waals surface area contributed by atoms with Crippen LogP contribution in [-0.4, -0.2) is 60.7 Å². The van der Waals surface area contributed by atoms with E-state index in [9.17, 15) is 17.6 Å². The molecule has 28 heavy (non-hydrogen) atoms. The number of hydrogen-bond donors (Lipinski definition) is 1. The van der Waals surface area contributed by atoms with E-state index in [-0.39, 0.29) is 24.8 Å². The molecule has 0 atom stereocenters. The van der Waals surface area contributed by atoms with Crippen LogP contribution in [-0.2, 0) is 14.8 Å². The number of anilines is 1. The fourth-order valence-corrected chi connectivity index (χ4v) is 5.02. The smallest absolute Gasteiger partial charge is 0.215 e. The van der Waals surface area contributed by atoms with Crippen molar-refractivity contribution >= 4 is 38.9 Å². The number of sulfonamides is 1. The van der Waals surface area contributed by atoms with Gasteiger partial charge >= 0.3 is 0 Å². The Labute approximate surface area is 163 Å². The van der Waals surface area contributed by atoms with Gasteiger partial charge in [0.2, 0.25) is 16.4 Å². The van der Waals surface area contributed by atoms with Gasteiger partial charge in [-0.05, 0) is 49.0 Å². The maximum absolute atomic E-state index is 12.4. The number of hydrogen-bond acceptors (Lipinski definition) is 4. The number of halogens is 1. The van der Waals surface area contributed by atoms with Gasteiger partial charge < -0.3 is 4.98 Å². The van der Waals surface area contributed by atoms with Crippen LogP contribution in [0.4, 0.5) is 10.2 Å². The van der Waals surface area contributed by atoms with Crippen molar-refractivity contribution in [1.82, 2.24) is 14.3 Å². The first-order chi connectivity index (χ1) is 13.5. The normalized spacial score (nSPS) is 18.2. The van der Waals surface area contributed by atoms with E-state index in [1.807, 2.05) is 24.4 Å². The molecule has 0 bridgehead atoms. The van der Waals surface area contributed by atoms with Crippen LogP contribution in [0.1, 0.15) is 31.2 Å². The van der Waals surface area contributed by atoms with E-state index in [0.717, 1.165) is 35.8 Å². The largest absolute Gasteiger partial charge is 0.346 e. The Morgan fingerprint density at radius 3 is 2.86 bits per heavy atom. The second-order valence-corrected chi connectivity index (χ2v) is 9.30. The average Bonchev–Trinajstić information content (AvgIpc) is 3.42. The van der Waals surface area contributed by atoms with E-state index in [0.29, 0.717) is 24.4 Å². The summed E-state index contributed by atoms with van der Waals surface area (Å²) in [5.41, 5.74) is 2.71. The highest BCUT2D eigenvalue weighted by Gasteiger charge is 2.31. The van der Waals surface area contributed by atoms with E-state index in [1.165, 1.54) is 4.31 Å². The molecule has 2 aliphatic rings. The van der Waals surface area contributed by atoms with Gasteiger partial charge in [0.1, 0.15) is 11.5 Å². The lowest BCUT2D eigenvalue weighted by molar-refractivity contribution is -0.107.